The summed E-state index contributed by atoms with van der Waals surface area (Å²) in [6.45, 7) is 9.43. The number of aromatic nitrogens is 2. The monoisotopic (exact) mass is 867 g/mol. The lowest BCUT2D eigenvalue weighted by Crippen LogP contribution is -2.47. The van der Waals surface area contributed by atoms with Gasteiger partial charge in [-0.2, -0.15) is 0 Å². The van der Waals surface area contributed by atoms with Crippen molar-refractivity contribution >= 4 is 49.6 Å². The molecule has 320 valence electrons. The van der Waals surface area contributed by atoms with Crippen molar-refractivity contribution in [2.24, 2.45) is 23.2 Å². The maximum atomic E-state index is 13.9. The van der Waals surface area contributed by atoms with E-state index >= 15 is 0 Å². The number of hydrogen-bond donors (Lipinski definition) is 2. The van der Waals surface area contributed by atoms with Crippen molar-refractivity contribution in [3.63, 3.8) is 0 Å². The number of aliphatic hydroxyl groups excluding tert-OH is 2. The lowest BCUT2D eigenvalue weighted by molar-refractivity contribution is -0.386. The molecule has 61 heavy (non-hydrogen) atoms. The van der Waals surface area contributed by atoms with Crippen molar-refractivity contribution in [1.82, 2.24) is 13.9 Å². The van der Waals surface area contributed by atoms with Gasteiger partial charge in [0.25, 0.3) is 10.0 Å². The molecule has 13 nitrogen and oxygen atoms in total. The Morgan fingerprint density at radius 1 is 0.951 bits per heavy atom. The van der Waals surface area contributed by atoms with Gasteiger partial charge in [-0.3, -0.25) is 15.0 Å². The van der Waals surface area contributed by atoms with Crippen LogP contribution in [0.2, 0.25) is 5.02 Å². The van der Waals surface area contributed by atoms with Crippen LogP contribution >= 0.6 is 11.6 Å². The summed E-state index contributed by atoms with van der Waals surface area (Å²) in [5, 5.41) is 33.8. The van der Waals surface area contributed by atoms with Gasteiger partial charge in [-0.05, 0) is 115 Å². The SMILES string of the molecule is CC1(C)CCC(CN2CCN(c3cccc(Oc4cnc5c(ccn5S(=O)(=O)c5ccc(OCC6C[C@@H]7C[C@H]6[C@H](O)[C@@H]7O)c([N+](=O)[O-])c5)c4)c3)CC2)=C(c2ccc(Cl)cc2)C1. The fourth-order valence-corrected chi connectivity index (χ4v) is 11.3. The van der Waals surface area contributed by atoms with E-state index in [0.717, 1.165) is 66.3 Å². The third kappa shape index (κ3) is 8.36. The molecule has 3 heterocycles. The van der Waals surface area contributed by atoms with E-state index < -0.39 is 32.8 Å². The van der Waals surface area contributed by atoms with Crippen LogP contribution < -0.4 is 14.4 Å². The number of nitro benzene ring substituents is 1. The molecule has 1 saturated heterocycles. The fourth-order valence-electron chi connectivity index (χ4n) is 9.86. The first-order valence-corrected chi connectivity index (χ1v) is 22.8. The molecule has 9 rings (SSSR count). The van der Waals surface area contributed by atoms with Crippen molar-refractivity contribution in [3.8, 4) is 17.2 Å². The summed E-state index contributed by atoms with van der Waals surface area (Å²) < 4.78 is 40.8. The molecule has 1 aliphatic heterocycles. The quantitative estimate of drug-likeness (QED) is 0.0920. The van der Waals surface area contributed by atoms with Crippen LogP contribution in [-0.2, 0) is 10.0 Å². The molecule has 1 unspecified atom stereocenters. The van der Waals surface area contributed by atoms with Crippen molar-refractivity contribution in [3.05, 3.63) is 118 Å². The van der Waals surface area contributed by atoms with Gasteiger partial charge in [0.05, 0.1) is 34.8 Å². The van der Waals surface area contributed by atoms with Crippen LogP contribution in [0.15, 0.2) is 102 Å². The second kappa shape index (κ2) is 16.4. The number of ether oxygens (including phenoxy) is 2. The van der Waals surface area contributed by atoms with Gasteiger partial charge in [0.15, 0.2) is 11.4 Å². The highest BCUT2D eigenvalue weighted by molar-refractivity contribution is 7.90. The molecular weight excluding hydrogens is 818 g/mol. The van der Waals surface area contributed by atoms with Gasteiger partial charge in [-0.1, -0.05) is 49.2 Å². The van der Waals surface area contributed by atoms with Crippen LogP contribution in [0.1, 0.15) is 51.5 Å². The second-order valence-electron chi connectivity index (χ2n) is 17.8. The van der Waals surface area contributed by atoms with E-state index in [1.807, 2.05) is 30.3 Å². The number of nitrogens with zero attached hydrogens (tertiary/aromatic N) is 5. The maximum absolute atomic E-state index is 13.9. The highest BCUT2D eigenvalue weighted by atomic mass is 35.5. The zero-order chi connectivity index (χ0) is 42.6. The third-order valence-electron chi connectivity index (χ3n) is 13.2. The summed E-state index contributed by atoms with van der Waals surface area (Å²) >= 11 is 6.22. The molecule has 0 amide bonds. The summed E-state index contributed by atoms with van der Waals surface area (Å²) in [5.41, 5.74) is 5.24. The van der Waals surface area contributed by atoms with Crippen molar-refractivity contribution in [2.75, 3.05) is 44.2 Å². The van der Waals surface area contributed by atoms with Gasteiger partial charge in [0.1, 0.15) is 11.5 Å². The fraction of sp³-hybridized carbons (Fsp3) is 0.413. The first kappa shape index (κ1) is 41.4. The highest BCUT2D eigenvalue weighted by Crippen LogP contribution is 2.49. The van der Waals surface area contributed by atoms with Crippen LogP contribution in [-0.4, -0.2) is 88.9 Å². The van der Waals surface area contributed by atoms with Gasteiger partial charge < -0.3 is 24.6 Å². The molecule has 2 saturated carbocycles. The van der Waals surface area contributed by atoms with E-state index in [4.69, 9.17) is 21.1 Å². The summed E-state index contributed by atoms with van der Waals surface area (Å²) in [4.78, 5) is 20.5. The predicted octanol–water partition coefficient (Wildman–Crippen LogP) is 8.17. The highest BCUT2D eigenvalue weighted by Gasteiger charge is 2.51. The average molecular weight is 868 g/mol. The van der Waals surface area contributed by atoms with E-state index in [0.29, 0.717) is 29.7 Å². The molecule has 2 bridgehead atoms. The van der Waals surface area contributed by atoms with Crippen LogP contribution in [0.4, 0.5) is 11.4 Å². The van der Waals surface area contributed by atoms with E-state index in [-0.39, 0.29) is 46.1 Å². The molecule has 5 atom stereocenters. The largest absolute Gasteiger partial charge is 0.487 e. The first-order valence-electron chi connectivity index (χ1n) is 20.9. The standard InChI is InChI=1S/C46H50ClN5O8S/c1-46(2)14-12-31(40(25-46)29-6-8-34(47)9-7-29)27-49-16-18-50(19-17-49)35-4-3-5-36(23-35)60-37-21-30-13-15-51(45(30)48-26-37)61(57,58)38-10-11-42(41(24-38)52(55)56)59-28-33-20-32-22-39(33)44(54)43(32)53/h3-11,13,15,21,23-24,26,32-33,39,43-44,53-54H,12,14,16-20,22,25,27-28H2,1-2H3/t32-,33?,39-,43-,44+/m1/s1. The lowest BCUT2D eigenvalue weighted by atomic mass is 9.72. The first-order chi connectivity index (χ1) is 29.2. The lowest BCUT2D eigenvalue weighted by Gasteiger charge is -2.39. The molecule has 2 N–H and O–H groups in total. The molecular formula is C46H50ClN5O8S. The molecule has 2 aromatic heterocycles. The minimum Gasteiger partial charge on any atom is -0.487 e. The minimum absolute atomic E-state index is 0.0213. The van der Waals surface area contributed by atoms with E-state index in [9.17, 15) is 28.7 Å². The summed E-state index contributed by atoms with van der Waals surface area (Å²) in [6.07, 6.45) is 5.91. The Kier molecular flexibility index (Phi) is 11.1. The number of allylic oxidation sites excluding steroid dienone is 1. The smallest absolute Gasteiger partial charge is 0.312 e. The Labute approximate surface area is 360 Å². The number of anilines is 1. The number of aliphatic hydroxyl groups is 2. The Morgan fingerprint density at radius 3 is 2.48 bits per heavy atom. The van der Waals surface area contributed by atoms with Gasteiger partial charge in [0.2, 0.25) is 0 Å². The summed E-state index contributed by atoms with van der Waals surface area (Å²) in [6, 6.07) is 23.1. The molecule has 0 radical (unpaired) electrons. The van der Waals surface area contributed by atoms with E-state index in [1.165, 1.54) is 47.7 Å². The Bertz CT molecular complexity index is 2600. The van der Waals surface area contributed by atoms with Crippen LogP contribution in [0.5, 0.6) is 17.2 Å². The molecule has 3 aromatic carbocycles. The zero-order valence-electron chi connectivity index (χ0n) is 34.2. The molecule has 15 heteroatoms. The number of benzene rings is 3. The predicted molar refractivity (Wildman–Crippen MR) is 234 cm³/mol. The summed E-state index contributed by atoms with van der Waals surface area (Å²) in [7, 11) is -4.29. The zero-order valence-corrected chi connectivity index (χ0v) is 35.8. The normalized spacial score (nSPS) is 24.1. The molecule has 3 aliphatic carbocycles. The summed E-state index contributed by atoms with van der Waals surface area (Å²) in [5.74, 6) is 0.759. The van der Waals surface area contributed by atoms with E-state index in [1.54, 1.807) is 12.1 Å². The number of piperazine rings is 1. The molecule has 4 aliphatic rings. The Hall–Kier alpha value is -4.99. The topological polar surface area (TPSA) is 161 Å². The van der Waals surface area contributed by atoms with Crippen LogP contribution in [0.25, 0.3) is 16.6 Å². The van der Waals surface area contributed by atoms with Crippen molar-refractivity contribution in [1.29, 1.82) is 0 Å². The van der Waals surface area contributed by atoms with Gasteiger partial charge in [-0.15, -0.1) is 0 Å². The third-order valence-corrected chi connectivity index (χ3v) is 15.2. The van der Waals surface area contributed by atoms with E-state index in [2.05, 4.69) is 46.8 Å². The number of fused-ring (bicyclic) bond motifs is 3. The minimum atomic E-state index is -4.29. The second-order valence-corrected chi connectivity index (χ2v) is 20.1. The number of halogens is 1. The van der Waals surface area contributed by atoms with Crippen molar-refractivity contribution < 1.29 is 33.0 Å². The Balaban J connectivity index is 0.846. The molecule has 5 aromatic rings. The van der Waals surface area contributed by atoms with Gasteiger partial charge in [0, 0.05) is 67.1 Å². The average Bonchev–Trinajstić information content (AvgIpc) is 3.95. The van der Waals surface area contributed by atoms with Gasteiger partial charge in [-0.25, -0.2) is 17.4 Å². The van der Waals surface area contributed by atoms with Gasteiger partial charge >= 0.3 is 5.69 Å². The number of pyridine rings is 1. The number of rotatable bonds is 12. The van der Waals surface area contributed by atoms with Crippen LogP contribution in [0.3, 0.4) is 0 Å². The maximum Gasteiger partial charge on any atom is 0.312 e. The van der Waals surface area contributed by atoms with Crippen LogP contribution in [0, 0.1) is 33.3 Å². The number of hydrogen-bond acceptors (Lipinski definition) is 11. The van der Waals surface area contributed by atoms with Crippen molar-refractivity contribution in [2.45, 2.75) is 63.1 Å². The molecule has 0 spiro atoms. The molecule has 3 fully saturated rings. The Morgan fingerprint density at radius 2 is 1.74 bits per heavy atom. The number of nitro groups is 1.